The van der Waals surface area contributed by atoms with E-state index in [-0.39, 0.29) is 31.9 Å². The van der Waals surface area contributed by atoms with Crippen molar-refractivity contribution in [2.75, 3.05) is 11.9 Å². The third-order valence-corrected chi connectivity index (χ3v) is 11.8. The van der Waals surface area contributed by atoms with Gasteiger partial charge in [-0.25, -0.2) is 0 Å². The van der Waals surface area contributed by atoms with Crippen LogP contribution in [-0.4, -0.2) is 28.7 Å². The van der Waals surface area contributed by atoms with Crippen molar-refractivity contribution in [3.05, 3.63) is 88.5 Å². The first-order valence-electron chi connectivity index (χ1n) is 24.9. The summed E-state index contributed by atoms with van der Waals surface area (Å²) >= 11 is 0. The van der Waals surface area contributed by atoms with Gasteiger partial charge in [0.15, 0.2) is 11.5 Å². The standard InChI is InChI=1S/C34H52N2.C22H33NO2.Pd/c1-6-11-16-28-21-23-32(25-30(28)18-13-8-3)35-27-34(20-15-10-5)36-33-24-22-29(17-12-7-2)31(26-33)19-14-9-4;1-3-5-7-8-9-10-14-23-20-13-12-17(11-6-4-2)18-15-21(24)22(25)16-19(18)20;/h21-27H,6-20H2,1-5H3;12-13,15-16,23-25H,3-11,14H2,1-2H3;. The number of anilines is 1. The molecule has 4 aromatic rings. The second-order valence-corrected chi connectivity index (χ2v) is 17.2. The van der Waals surface area contributed by atoms with Crippen molar-refractivity contribution in [2.24, 2.45) is 9.98 Å². The summed E-state index contributed by atoms with van der Waals surface area (Å²) in [6.07, 6.45) is 30.8. The smallest absolute Gasteiger partial charge is 0.158 e. The SMILES string of the molecule is CCCCC(C=Nc1ccc(CCCC)c(CCCC)c1)=Nc1ccc(CCCC)c(CCCC)c1.CCCCCCCCNc1ccc(CCCC)c2cc(O)c(O)cc12.[Pd]. The van der Waals surface area contributed by atoms with Crippen LogP contribution in [0.15, 0.2) is 70.6 Å². The molecule has 0 amide bonds. The first kappa shape index (κ1) is 54.7. The van der Waals surface area contributed by atoms with Crippen LogP contribution < -0.4 is 5.32 Å². The Bertz CT molecular complexity index is 1880. The monoisotopic (exact) mass is 938 g/mol. The summed E-state index contributed by atoms with van der Waals surface area (Å²) in [4.78, 5) is 10.0. The number of unbranched alkanes of at least 4 members (excludes halogenated alkanes) is 11. The van der Waals surface area contributed by atoms with Crippen LogP contribution in [0.25, 0.3) is 10.8 Å². The van der Waals surface area contributed by atoms with Crippen LogP contribution in [0.3, 0.4) is 0 Å². The molecule has 0 atom stereocenters. The van der Waals surface area contributed by atoms with E-state index in [4.69, 9.17) is 9.98 Å². The molecular weight excluding hydrogens is 853 g/mol. The van der Waals surface area contributed by atoms with Gasteiger partial charge < -0.3 is 15.5 Å². The van der Waals surface area contributed by atoms with Crippen molar-refractivity contribution in [1.82, 2.24) is 0 Å². The fraction of sp³-hybridized carbons (Fsp3) is 0.571. The second-order valence-electron chi connectivity index (χ2n) is 17.2. The Labute approximate surface area is 392 Å². The fourth-order valence-electron chi connectivity index (χ4n) is 7.92. The van der Waals surface area contributed by atoms with E-state index in [1.807, 2.05) is 6.21 Å². The normalized spacial score (nSPS) is 11.5. The number of hydrogen-bond donors (Lipinski definition) is 3. The van der Waals surface area contributed by atoms with Gasteiger partial charge in [-0.1, -0.05) is 137 Å². The summed E-state index contributed by atoms with van der Waals surface area (Å²) in [5.41, 5.74) is 11.5. The largest absolute Gasteiger partial charge is 0.504 e. The summed E-state index contributed by atoms with van der Waals surface area (Å²) in [6, 6.07) is 21.3. The Balaban J connectivity index is 0.000000446. The predicted molar refractivity (Wildman–Crippen MR) is 270 cm³/mol. The number of nitrogens with one attached hydrogen (secondary N) is 1. The topological polar surface area (TPSA) is 77.2 Å². The number of phenolic OH excluding ortho intramolecular Hbond substituents is 2. The molecule has 0 fully saturated rings. The number of aryl methyl sites for hydroxylation is 5. The van der Waals surface area contributed by atoms with Gasteiger partial charge in [0, 0.05) is 44.3 Å². The van der Waals surface area contributed by atoms with Gasteiger partial charge in [-0.05, 0) is 159 Å². The van der Waals surface area contributed by atoms with E-state index in [2.05, 4.69) is 102 Å². The van der Waals surface area contributed by atoms with E-state index in [9.17, 15) is 10.2 Å². The summed E-state index contributed by atoms with van der Waals surface area (Å²) in [7, 11) is 0. The first-order chi connectivity index (χ1) is 29.8. The summed E-state index contributed by atoms with van der Waals surface area (Å²) < 4.78 is 0. The molecule has 62 heavy (non-hydrogen) atoms. The summed E-state index contributed by atoms with van der Waals surface area (Å²) in [5, 5.41) is 25.4. The van der Waals surface area contributed by atoms with E-state index in [0.29, 0.717) is 0 Å². The van der Waals surface area contributed by atoms with Crippen molar-refractivity contribution in [3.63, 3.8) is 0 Å². The molecule has 4 rings (SSSR count). The van der Waals surface area contributed by atoms with Gasteiger partial charge in [0.05, 0.1) is 17.1 Å². The quantitative estimate of drug-likeness (QED) is 0.0220. The fourth-order valence-corrected chi connectivity index (χ4v) is 7.92. The number of hydrogen-bond acceptors (Lipinski definition) is 5. The molecule has 0 aliphatic rings. The number of aliphatic imine (C=N–C) groups is 2. The molecule has 6 heteroatoms. The minimum atomic E-state index is -0.0530. The Kier molecular flexibility index (Phi) is 29.2. The number of phenols is 2. The maximum Gasteiger partial charge on any atom is 0.158 e. The van der Waals surface area contributed by atoms with Crippen LogP contribution >= 0.6 is 0 Å². The van der Waals surface area contributed by atoms with Crippen molar-refractivity contribution in [1.29, 1.82) is 0 Å². The van der Waals surface area contributed by atoms with Gasteiger partial charge in [-0.15, -0.1) is 0 Å². The van der Waals surface area contributed by atoms with E-state index in [1.54, 1.807) is 12.1 Å². The molecule has 0 saturated carbocycles. The number of nitrogens with zero attached hydrogens (tertiary/aromatic N) is 2. The molecule has 0 spiro atoms. The molecule has 0 aromatic heterocycles. The molecule has 0 radical (unpaired) electrons. The van der Waals surface area contributed by atoms with Gasteiger partial charge in [-0.3, -0.25) is 9.98 Å². The Morgan fingerprint density at radius 3 is 1.48 bits per heavy atom. The molecule has 0 heterocycles. The van der Waals surface area contributed by atoms with Crippen molar-refractivity contribution >= 4 is 39.8 Å². The summed E-state index contributed by atoms with van der Waals surface area (Å²) in [5.74, 6) is -0.0962. The molecule has 3 N–H and O–H groups in total. The molecule has 0 aliphatic carbocycles. The van der Waals surface area contributed by atoms with Crippen LogP contribution in [0.1, 0.15) is 198 Å². The summed E-state index contributed by atoms with van der Waals surface area (Å²) in [6.45, 7) is 16.7. The maximum absolute atomic E-state index is 9.92. The van der Waals surface area contributed by atoms with Gasteiger partial charge in [0.1, 0.15) is 0 Å². The molecule has 0 aliphatic heterocycles. The average Bonchev–Trinajstić information content (AvgIpc) is 3.27. The minimum Gasteiger partial charge on any atom is -0.504 e. The Morgan fingerprint density at radius 1 is 0.468 bits per heavy atom. The van der Waals surface area contributed by atoms with E-state index < -0.39 is 0 Å². The molecule has 346 valence electrons. The zero-order valence-corrected chi connectivity index (χ0v) is 41.7. The molecule has 0 bridgehead atoms. The molecule has 4 aromatic carbocycles. The van der Waals surface area contributed by atoms with Crippen LogP contribution in [0, 0.1) is 0 Å². The predicted octanol–water partition coefficient (Wildman–Crippen LogP) is 17.1. The van der Waals surface area contributed by atoms with Crippen molar-refractivity contribution in [2.45, 2.75) is 203 Å². The number of rotatable bonds is 29. The van der Waals surface area contributed by atoms with Crippen LogP contribution in [0.5, 0.6) is 11.5 Å². The van der Waals surface area contributed by atoms with Crippen LogP contribution in [-0.2, 0) is 52.5 Å². The molecule has 5 nitrogen and oxygen atoms in total. The Morgan fingerprint density at radius 2 is 0.919 bits per heavy atom. The number of benzene rings is 4. The second kappa shape index (κ2) is 33.1. The van der Waals surface area contributed by atoms with Crippen LogP contribution in [0.2, 0.25) is 0 Å². The average molecular weight is 939 g/mol. The molecule has 0 saturated heterocycles. The molecule has 0 unspecified atom stereocenters. The van der Waals surface area contributed by atoms with E-state index in [0.717, 1.165) is 97.9 Å². The van der Waals surface area contributed by atoms with Gasteiger partial charge >= 0.3 is 0 Å². The van der Waals surface area contributed by atoms with E-state index >= 15 is 0 Å². The molecular formula is C56H85N3O2Pd. The zero-order chi connectivity index (χ0) is 44.1. The van der Waals surface area contributed by atoms with Gasteiger partial charge in [-0.2, -0.15) is 0 Å². The number of fused-ring (bicyclic) bond motifs is 1. The van der Waals surface area contributed by atoms with Gasteiger partial charge in [0.25, 0.3) is 0 Å². The minimum absolute atomic E-state index is 0. The van der Waals surface area contributed by atoms with Crippen LogP contribution in [0.4, 0.5) is 17.1 Å². The first-order valence-corrected chi connectivity index (χ1v) is 24.9. The third kappa shape index (κ3) is 19.9. The van der Waals surface area contributed by atoms with Crippen molar-refractivity contribution < 1.29 is 30.6 Å². The van der Waals surface area contributed by atoms with E-state index in [1.165, 1.54) is 124 Å². The maximum atomic E-state index is 9.92. The van der Waals surface area contributed by atoms with Gasteiger partial charge in [0.2, 0.25) is 0 Å². The number of aromatic hydroxyl groups is 2. The third-order valence-electron chi connectivity index (χ3n) is 11.8. The Hall–Kier alpha value is -3.46. The van der Waals surface area contributed by atoms with Crippen molar-refractivity contribution in [3.8, 4) is 11.5 Å². The zero-order valence-electron chi connectivity index (χ0n) is 40.1.